The zero-order chi connectivity index (χ0) is 9.84. The van der Waals surface area contributed by atoms with Crippen LogP contribution >= 0.6 is 11.6 Å². The van der Waals surface area contributed by atoms with Crippen LogP contribution < -0.4 is 0 Å². The van der Waals surface area contributed by atoms with Crippen LogP contribution in [0.25, 0.3) is 0 Å². The van der Waals surface area contributed by atoms with Crippen LogP contribution in [0.4, 0.5) is 8.78 Å². The molecule has 1 atom stereocenters. The summed E-state index contributed by atoms with van der Waals surface area (Å²) in [5.74, 6) is -1.12. The van der Waals surface area contributed by atoms with Gasteiger partial charge in [-0.25, -0.2) is 8.78 Å². The fraction of sp³-hybridized carbons (Fsp3) is 0.400. The molecular weight excluding hydrogens is 194 g/mol. The minimum absolute atomic E-state index is 0.0341. The molecule has 0 saturated carbocycles. The van der Waals surface area contributed by atoms with Crippen molar-refractivity contribution in [1.82, 2.24) is 0 Å². The lowest BCUT2D eigenvalue weighted by atomic mass is 9.98. The lowest BCUT2D eigenvalue weighted by Gasteiger charge is -2.10. The Morgan fingerprint density at radius 3 is 2.69 bits per heavy atom. The average molecular weight is 205 g/mol. The molecule has 72 valence electrons. The standard InChI is InChI=1S/C10H11ClF2/c1-7(5-6-11)8-3-2-4-9(12)10(8)13/h2-4,7H,5-6H2,1H3. The van der Waals surface area contributed by atoms with Crippen molar-refractivity contribution in [2.75, 3.05) is 5.88 Å². The molecule has 0 aliphatic heterocycles. The summed E-state index contributed by atoms with van der Waals surface area (Å²) in [6, 6.07) is 4.22. The minimum Gasteiger partial charge on any atom is -0.204 e. The first-order valence-electron chi connectivity index (χ1n) is 4.16. The molecule has 0 aromatic heterocycles. The van der Waals surface area contributed by atoms with E-state index in [0.29, 0.717) is 17.9 Å². The summed E-state index contributed by atoms with van der Waals surface area (Å²) in [5.41, 5.74) is 0.403. The molecule has 0 aliphatic carbocycles. The zero-order valence-electron chi connectivity index (χ0n) is 7.36. The number of hydrogen-bond donors (Lipinski definition) is 0. The van der Waals surface area contributed by atoms with Crippen LogP contribution in [0.15, 0.2) is 18.2 Å². The fourth-order valence-electron chi connectivity index (χ4n) is 1.22. The van der Waals surface area contributed by atoms with Crippen molar-refractivity contribution in [1.29, 1.82) is 0 Å². The van der Waals surface area contributed by atoms with Crippen LogP contribution in [0.1, 0.15) is 24.8 Å². The molecule has 1 rings (SSSR count). The van der Waals surface area contributed by atoms with Crippen LogP contribution in [0.2, 0.25) is 0 Å². The first-order chi connectivity index (χ1) is 6.16. The van der Waals surface area contributed by atoms with Crippen molar-refractivity contribution in [3.8, 4) is 0 Å². The molecule has 0 fully saturated rings. The maximum atomic E-state index is 13.2. The Kier molecular flexibility index (Phi) is 3.67. The van der Waals surface area contributed by atoms with Gasteiger partial charge in [-0.3, -0.25) is 0 Å². The Labute approximate surface area is 81.5 Å². The van der Waals surface area contributed by atoms with E-state index in [0.717, 1.165) is 6.07 Å². The van der Waals surface area contributed by atoms with Gasteiger partial charge in [-0.2, -0.15) is 0 Å². The van der Waals surface area contributed by atoms with Gasteiger partial charge in [0.1, 0.15) is 0 Å². The maximum absolute atomic E-state index is 13.2. The highest BCUT2D eigenvalue weighted by Gasteiger charge is 2.13. The number of hydrogen-bond acceptors (Lipinski definition) is 0. The topological polar surface area (TPSA) is 0 Å². The largest absolute Gasteiger partial charge is 0.204 e. The van der Waals surface area contributed by atoms with Crippen LogP contribution in [0.5, 0.6) is 0 Å². The second-order valence-corrected chi connectivity index (χ2v) is 3.40. The molecule has 0 bridgehead atoms. The third kappa shape index (κ3) is 2.41. The minimum atomic E-state index is -0.793. The SMILES string of the molecule is CC(CCCl)c1cccc(F)c1F. The van der Waals surface area contributed by atoms with E-state index in [1.165, 1.54) is 6.07 Å². The molecule has 0 saturated heterocycles. The van der Waals surface area contributed by atoms with Crippen molar-refractivity contribution in [2.45, 2.75) is 19.3 Å². The summed E-state index contributed by atoms with van der Waals surface area (Å²) in [5, 5.41) is 0. The zero-order valence-corrected chi connectivity index (χ0v) is 8.11. The van der Waals surface area contributed by atoms with E-state index in [1.54, 1.807) is 6.07 Å². The van der Waals surface area contributed by atoms with Gasteiger partial charge in [0.05, 0.1) is 0 Å². The smallest absolute Gasteiger partial charge is 0.162 e. The van der Waals surface area contributed by atoms with Crippen molar-refractivity contribution in [3.05, 3.63) is 35.4 Å². The number of alkyl halides is 1. The number of benzene rings is 1. The predicted octanol–water partition coefficient (Wildman–Crippen LogP) is 3.70. The predicted molar refractivity (Wildman–Crippen MR) is 50.1 cm³/mol. The van der Waals surface area contributed by atoms with E-state index in [4.69, 9.17) is 11.6 Å². The molecule has 1 unspecified atom stereocenters. The van der Waals surface area contributed by atoms with E-state index in [-0.39, 0.29) is 5.92 Å². The van der Waals surface area contributed by atoms with Gasteiger partial charge in [0.15, 0.2) is 11.6 Å². The van der Waals surface area contributed by atoms with E-state index in [9.17, 15) is 8.78 Å². The van der Waals surface area contributed by atoms with E-state index >= 15 is 0 Å². The molecule has 1 aromatic carbocycles. The fourth-order valence-corrected chi connectivity index (χ4v) is 1.55. The summed E-state index contributed by atoms with van der Waals surface area (Å²) < 4.78 is 25.9. The van der Waals surface area contributed by atoms with Gasteiger partial charge in [-0.1, -0.05) is 19.1 Å². The summed E-state index contributed by atoms with van der Waals surface area (Å²) >= 11 is 5.52. The molecule has 0 heterocycles. The van der Waals surface area contributed by atoms with E-state index < -0.39 is 11.6 Å². The highest BCUT2D eigenvalue weighted by molar-refractivity contribution is 6.17. The second-order valence-electron chi connectivity index (χ2n) is 3.02. The van der Waals surface area contributed by atoms with Gasteiger partial charge in [0.25, 0.3) is 0 Å². The van der Waals surface area contributed by atoms with Gasteiger partial charge in [-0.15, -0.1) is 11.6 Å². The van der Waals surface area contributed by atoms with Gasteiger partial charge in [0.2, 0.25) is 0 Å². The highest BCUT2D eigenvalue weighted by Crippen LogP contribution is 2.23. The number of halogens is 3. The third-order valence-corrected chi connectivity index (χ3v) is 2.27. The van der Waals surface area contributed by atoms with Crippen molar-refractivity contribution < 1.29 is 8.78 Å². The number of rotatable bonds is 3. The lowest BCUT2D eigenvalue weighted by molar-refractivity contribution is 0.489. The molecule has 13 heavy (non-hydrogen) atoms. The molecule has 0 amide bonds. The molecule has 1 aromatic rings. The van der Waals surface area contributed by atoms with Crippen LogP contribution in [-0.2, 0) is 0 Å². The Morgan fingerprint density at radius 2 is 2.08 bits per heavy atom. The van der Waals surface area contributed by atoms with Crippen LogP contribution in [-0.4, -0.2) is 5.88 Å². The van der Waals surface area contributed by atoms with E-state index in [1.807, 2.05) is 6.92 Å². The monoisotopic (exact) mass is 204 g/mol. The van der Waals surface area contributed by atoms with Gasteiger partial charge in [0, 0.05) is 5.88 Å². The summed E-state index contributed by atoms with van der Waals surface area (Å²) in [6.45, 7) is 1.83. The van der Waals surface area contributed by atoms with Gasteiger partial charge in [-0.05, 0) is 24.0 Å². The highest BCUT2D eigenvalue weighted by atomic mass is 35.5. The summed E-state index contributed by atoms with van der Waals surface area (Å²) in [7, 11) is 0. The first-order valence-corrected chi connectivity index (χ1v) is 4.70. The summed E-state index contributed by atoms with van der Waals surface area (Å²) in [6.07, 6.45) is 0.655. The molecule has 0 N–H and O–H groups in total. The lowest BCUT2D eigenvalue weighted by Crippen LogP contribution is -2.00. The Morgan fingerprint density at radius 1 is 1.38 bits per heavy atom. The second kappa shape index (κ2) is 4.56. The van der Waals surface area contributed by atoms with Gasteiger partial charge >= 0.3 is 0 Å². The van der Waals surface area contributed by atoms with Crippen LogP contribution in [0, 0.1) is 11.6 Å². The quantitative estimate of drug-likeness (QED) is 0.659. The van der Waals surface area contributed by atoms with Crippen molar-refractivity contribution in [2.24, 2.45) is 0 Å². The van der Waals surface area contributed by atoms with Crippen molar-refractivity contribution in [3.63, 3.8) is 0 Å². The normalized spacial score (nSPS) is 12.9. The van der Waals surface area contributed by atoms with Crippen LogP contribution in [0.3, 0.4) is 0 Å². The van der Waals surface area contributed by atoms with E-state index in [2.05, 4.69) is 0 Å². The Hall–Kier alpha value is -0.630. The first kappa shape index (κ1) is 10.5. The van der Waals surface area contributed by atoms with Crippen molar-refractivity contribution >= 4 is 11.6 Å². The summed E-state index contributed by atoms with van der Waals surface area (Å²) in [4.78, 5) is 0. The molecule has 0 aliphatic rings. The molecule has 0 nitrogen and oxygen atoms in total. The Balaban J connectivity index is 2.93. The molecule has 3 heteroatoms. The Bertz CT molecular complexity index is 286. The molecule has 0 radical (unpaired) electrons. The van der Waals surface area contributed by atoms with Gasteiger partial charge < -0.3 is 0 Å². The molecule has 0 spiro atoms. The molecular formula is C10H11ClF2. The maximum Gasteiger partial charge on any atom is 0.162 e. The third-order valence-electron chi connectivity index (χ3n) is 2.05. The average Bonchev–Trinajstić information content (AvgIpc) is 2.10.